The maximum Gasteiger partial charge on any atom is 0.263 e. The van der Waals surface area contributed by atoms with Gasteiger partial charge < -0.3 is 5.32 Å². The summed E-state index contributed by atoms with van der Waals surface area (Å²) in [6.45, 7) is -0.394. The van der Waals surface area contributed by atoms with Gasteiger partial charge in [0.05, 0.1) is 11.4 Å². The van der Waals surface area contributed by atoms with E-state index in [-0.39, 0.29) is 11.4 Å². The third-order valence-electron chi connectivity index (χ3n) is 4.40. The molecule has 4 rings (SSSR count). The number of para-hydroxylation sites is 1. The maximum absolute atomic E-state index is 13.7. The van der Waals surface area contributed by atoms with Gasteiger partial charge in [-0.15, -0.1) is 0 Å². The molecule has 0 aromatic heterocycles. The first-order valence-electron chi connectivity index (χ1n) is 8.31. The van der Waals surface area contributed by atoms with Crippen molar-refractivity contribution in [2.75, 3.05) is 16.8 Å². The van der Waals surface area contributed by atoms with E-state index in [2.05, 4.69) is 15.7 Å². The van der Waals surface area contributed by atoms with Gasteiger partial charge in [-0.2, -0.15) is 5.11 Å². The second-order valence-electron chi connectivity index (χ2n) is 6.21. The number of amides is 3. The molecule has 8 nitrogen and oxygen atoms in total. The molecule has 3 amide bonds. The molecule has 0 radical (unpaired) electrons. The fourth-order valence-electron chi connectivity index (χ4n) is 3.10. The fraction of sp³-hybridized carbons (Fsp3) is 0.167. The Labute approximate surface area is 157 Å². The third-order valence-corrected chi connectivity index (χ3v) is 4.40. The van der Waals surface area contributed by atoms with Gasteiger partial charge in [0.15, 0.2) is 12.1 Å². The molecule has 1 saturated heterocycles. The number of rotatable bonds is 4. The van der Waals surface area contributed by atoms with E-state index in [1.54, 1.807) is 6.07 Å². The zero-order valence-corrected chi connectivity index (χ0v) is 14.3. The van der Waals surface area contributed by atoms with E-state index < -0.39 is 48.0 Å². The van der Waals surface area contributed by atoms with Crippen molar-refractivity contribution in [3.05, 3.63) is 60.2 Å². The van der Waals surface area contributed by atoms with Crippen LogP contribution in [0.3, 0.4) is 0 Å². The number of hydrogen-bond donors (Lipinski definition) is 1. The minimum absolute atomic E-state index is 0.0121. The smallest absolute Gasteiger partial charge is 0.263 e. The Morgan fingerprint density at radius 2 is 1.75 bits per heavy atom. The van der Waals surface area contributed by atoms with Crippen molar-refractivity contribution < 1.29 is 23.2 Å². The van der Waals surface area contributed by atoms with Crippen molar-refractivity contribution in [2.24, 2.45) is 10.3 Å². The van der Waals surface area contributed by atoms with Crippen LogP contribution in [-0.2, 0) is 14.4 Å². The Kier molecular flexibility index (Phi) is 4.30. The van der Waals surface area contributed by atoms with Crippen LogP contribution in [0.2, 0.25) is 0 Å². The topological polar surface area (TPSA) is 94.4 Å². The zero-order valence-electron chi connectivity index (χ0n) is 14.3. The van der Waals surface area contributed by atoms with Crippen LogP contribution in [-0.4, -0.2) is 41.4 Å². The Morgan fingerprint density at radius 1 is 1.04 bits per heavy atom. The second-order valence-corrected chi connectivity index (χ2v) is 6.21. The maximum atomic E-state index is 13.7. The number of hydrogen-bond acceptors (Lipinski definition) is 6. The van der Waals surface area contributed by atoms with Gasteiger partial charge in [0.1, 0.15) is 18.2 Å². The summed E-state index contributed by atoms with van der Waals surface area (Å²) in [7, 11) is 0. The SMILES string of the molecule is O=C(CN1N=N[C@@H]2C(=O)N(c3ccc(F)cc3)C(=O)[C@H]21)Nc1ccccc1F. The number of benzene rings is 2. The lowest BCUT2D eigenvalue weighted by Gasteiger charge is -2.20. The quantitative estimate of drug-likeness (QED) is 0.814. The summed E-state index contributed by atoms with van der Waals surface area (Å²) >= 11 is 0. The van der Waals surface area contributed by atoms with Crippen LogP contribution < -0.4 is 10.2 Å². The van der Waals surface area contributed by atoms with E-state index >= 15 is 0 Å². The van der Waals surface area contributed by atoms with Crippen molar-refractivity contribution in [3.63, 3.8) is 0 Å². The average Bonchev–Trinajstić information content (AvgIpc) is 3.18. The van der Waals surface area contributed by atoms with Gasteiger partial charge in [-0.3, -0.25) is 19.4 Å². The Hall–Kier alpha value is -3.69. The van der Waals surface area contributed by atoms with Crippen LogP contribution in [0, 0.1) is 11.6 Å². The molecule has 2 aliphatic heterocycles. The van der Waals surface area contributed by atoms with E-state index in [0.29, 0.717) is 0 Å². The second kappa shape index (κ2) is 6.80. The van der Waals surface area contributed by atoms with E-state index in [1.807, 2.05) is 0 Å². The van der Waals surface area contributed by atoms with Gasteiger partial charge in [-0.25, -0.2) is 13.7 Å². The standard InChI is InChI=1S/C18H13F2N5O3/c19-10-5-7-11(8-6-10)25-17(27)15-16(18(25)28)24(23-22-15)9-14(26)21-13-4-2-1-3-12(13)20/h1-8,15-16H,9H2,(H,21,26)/t15-,16-/m0/s1. The summed E-state index contributed by atoms with van der Waals surface area (Å²) in [6.07, 6.45) is 0. The summed E-state index contributed by atoms with van der Waals surface area (Å²) < 4.78 is 26.8. The lowest BCUT2D eigenvalue weighted by atomic mass is 10.1. The van der Waals surface area contributed by atoms with Gasteiger partial charge in [0.25, 0.3) is 11.8 Å². The summed E-state index contributed by atoms with van der Waals surface area (Å²) in [4.78, 5) is 38.4. The molecule has 2 aliphatic rings. The lowest BCUT2D eigenvalue weighted by molar-refractivity contribution is -0.123. The fourth-order valence-corrected chi connectivity index (χ4v) is 3.10. The molecule has 0 saturated carbocycles. The molecule has 2 atom stereocenters. The van der Waals surface area contributed by atoms with E-state index in [9.17, 15) is 23.2 Å². The largest absolute Gasteiger partial charge is 0.322 e. The van der Waals surface area contributed by atoms with Gasteiger partial charge in [-0.05, 0) is 36.4 Å². The normalized spacial score (nSPS) is 20.6. The number of nitrogens with zero attached hydrogens (tertiary/aromatic N) is 4. The number of imide groups is 1. The van der Waals surface area contributed by atoms with Gasteiger partial charge in [0, 0.05) is 0 Å². The first-order chi connectivity index (χ1) is 13.5. The molecule has 142 valence electrons. The molecule has 0 bridgehead atoms. The van der Waals surface area contributed by atoms with Crippen LogP contribution in [0.1, 0.15) is 0 Å². The lowest BCUT2D eigenvalue weighted by Crippen LogP contribution is -2.43. The minimum Gasteiger partial charge on any atom is -0.322 e. The molecule has 2 aromatic rings. The number of carbonyl (C=O) groups excluding carboxylic acids is 3. The summed E-state index contributed by atoms with van der Waals surface area (Å²) in [5, 5.41) is 11.0. The van der Waals surface area contributed by atoms with Crippen molar-refractivity contribution in [3.8, 4) is 0 Å². The van der Waals surface area contributed by atoms with Crippen LogP contribution in [0.5, 0.6) is 0 Å². The average molecular weight is 385 g/mol. The highest BCUT2D eigenvalue weighted by Crippen LogP contribution is 2.31. The Balaban J connectivity index is 1.49. The molecule has 10 heteroatoms. The monoisotopic (exact) mass is 385 g/mol. The van der Waals surface area contributed by atoms with E-state index in [4.69, 9.17) is 0 Å². The van der Waals surface area contributed by atoms with Crippen LogP contribution in [0.4, 0.5) is 20.2 Å². The predicted molar refractivity (Wildman–Crippen MR) is 93.1 cm³/mol. The summed E-state index contributed by atoms with van der Waals surface area (Å²) in [5.41, 5.74) is 0.193. The molecule has 0 spiro atoms. The van der Waals surface area contributed by atoms with Crippen molar-refractivity contribution in [1.82, 2.24) is 5.01 Å². The first-order valence-corrected chi connectivity index (χ1v) is 8.31. The number of carbonyl (C=O) groups is 3. The first kappa shape index (κ1) is 17.7. The van der Waals surface area contributed by atoms with Crippen LogP contribution in [0.25, 0.3) is 0 Å². The van der Waals surface area contributed by atoms with Crippen molar-refractivity contribution in [1.29, 1.82) is 0 Å². The van der Waals surface area contributed by atoms with Gasteiger partial charge in [0.2, 0.25) is 5.91 Å². The molecule has 1 fully saturated rings. The minimum atomic E-state index is -1.08. The molecular weight excluding hydrogens is 372 g/mol. The highest BCUT2D eigenvalue weighted by molar-refractivity contribution is 6.25. The van der Waals surface area contributed by atoms with Gasteiger partial charge in [-0.1, -0.05) is 17.4 Å². The zero-order chi connectivity index (χ0) is 19.8. The van der Waals surface area contributed by atoms with Gasteiger partial charge >= 0.3 is 0 Å². The molecule has 2 heterocycles. The molecule has 0 aliphatic carbocycles. The van der Waals surface area contributed by atoms with Crippen LogP contribution >= 0.6 is 0 Å². The molecule has 28 heavy (non-hydrogen) atoms. The predicted octanol–water partition coefficient (Wildman–Crippen LogP) is 1.90. The number of anilines is 2. The highest BCUT2D eigenvalue weighted by atomic mass is 19.1. The Bertz CT molecular complexity index is 995. The van der Waals surface area contributed by atoms with Crippen LogP contribution in [0.15, 0.2) is 58.9 Å². The van der Waals surface area contributed by atoms with Crippen molar-refractivity contribution >= 4 is 29.1 Å². The Morgan fingerprint density at radius 3 is 2.46 bits per heavy atom. The van der Waals surface area contributed by atoms with Crippen molar-refractivity contribution in [2.45, 2.75) is 12.1 Å². The molecule has 0 unspecified atom stereocenters. The number of fused-ring (bicyclic) bond motifs is 1. The summed E-state index contributed by atoms with van der Waals surface area (Å²) in [6, 6.07) is 8.33. The number of nitrogens with one attached hydrogen (secondary N) is 1. The van der Waals surface area contributed by atoms with E-state index in [1.165, 1.54) is 30.3 Å². The molecule has 2 aromatic carbocycles. The highest BCUT2D eigenvalue weighted by Gasteiger charge is 2.55. The third kappa shape index (κ3) is 2.98. The molecular formula is C18H13F2N5O3. The van der Waals surface area contributed by atoms with E-state index in [0.717, 1.165) is 22.0 Å². The number of halogens is 2. The molecule has 1 N–H and O–H groups in total. The summed E-state index contributed by atoms with van der Waals surface area (Å²) in [5.74, 6) is -2.96.